The van der Waals surface area contributed by atoms with Crippen LogP contribution in [0.2, 0.25) is 0 Å². The van der Waals surface area contributed by atoms with E-state index in [4.69, 9.17) is 9.73 Å². The molecule has 156 valence electrons. The zero-order valence-corrected chi connectivity index (χ0v) is 17.6. The van der Waals surface area contributed by atoms with Crippen molar-refractivity contribution in [1.29, 1.82) is 0 Å². The van der Waals surface area contributed by atoms with Crippen molar-refractivity contribution in [1.82, 2.24) is 20.9 Å². The number of rotatable bonds is 8. The van der Waals surface area contributed by atoms with Crippen molar-refractivity contribution in [3.8, 4) is 0 Å². The first-order valence-corrected chi connectivity index (χ1v) is 10.2. The molecule has 1 unspecified atom stereocenters. The van der Waals surface area contributed by atoms with Gasteiger partial charge in [0.05, 0.1) is 19.8 Å². The summed E-state index contributed by atoms with van der Waals surface area (Å²) in [5.74, 6) is 1.29. The molecule has 0 aromatic heterocycles. The zero-order chi connectivity index (χ0) is 20.4. The highest BCUT2D eigenvalue weighted by atomic mass is 16.5. The number of hydrogen-bond acceptors (Lipinski definition) is 4. The number of hydrogen-bond donors (Lipinski definition) is 3. The number of carbonyl (C=O) groups is 1. The van der Waals surface area contributed by atoms with E-state index in [0.29, 0.717) is 24.1 Å². The molecular formula is C21H35N5O2. The number of ether oxygens (including phenoxy) is 1. The van der Waals surface area contributed by atoms with Gasteiger partial charge in [-0.25, -0.2) is 4.99 Å². The second kappa shape index (κ2) is 11.7. The van der Waals surface area contributed by atoms with Crippen molar-refractivity contribution in [2.24, 2.45) is 10.9 Å². The van der Waals surface area contributed by atoms with Crippen LogP contribution in [0.5, 0.6) is 0 Å². The predicted octanol–water partition coefficient (Wildman–Crippen LogP) is 1.46. The van der Waals surface area contributed by atoms with E-state index in [1.54, 1.807) is 7.05 Å². The van der Waals surface area contributed by atoms with Crippen molar-refractivity contribution in [2.45, 2.75) is 33.4 Å². The van der Waals surface area contributed by atoms with Crippen LogP contribution in [0.15, 0.2) is 29.3 Å². The molecule has 7 heteroatoms. The Labute approximate surface area is 168 Å². The van der Waals surface area contributed by atoms with Gasteiger partial charge in [0.2, 0.25) is 0 Å². The Balaban J connectivity index is 1.96. The minimum Gasteiger partial charge on any atom is -0.379 e. The molecule has 1 saturated heterocycles. The van der Waals surface area contributed by atoms with Gasteiger partial charge in [0.15, 0.2) is 5.96 Å². The predicted molar refractivity (Wildman–Crippen MR) is 114 cm³/mol. The highest BCUT2D eigenvalue weighted by molar-refractivity contribution is 5.93. The van der Waals surface area contributed by atoms with Gasteiger partial charge in [0.25, 0.3) is 5.91 Å². The summed E-state index contributed by atoms with van der Waals surface area (Å²) in [6.07, 6.45) is 0. The quantitative estimate of drug-likeness (QED) is 0.463. The van der Waals surface area contributed by atoms with Gasteiger partial charge in [-0.1, -0.05) is 26.0 Å². The van der Waals surface area contributed by atoms with Crippen LogP contribution in [-0.2, 0) is 11.3 Å². The molecule has 28 heavy (non-hydrogen) atoms. The monoisotopic (exact) mass is 389 g/mol. The summed E-state index contributed by atoms with van der Waals surface area (Å²) in [6, 6.07) is 8.00. The molecule has 0 saturated carbocycles. The first-order valence-electron chi connectivity index (χ1n) is 10.2. The van der Waals surface area contributed by atoms with Crippen molar-refractivity contribution in [2.75, 3.05) is 46.4 Å². The van der Waals surface area contributed by atoms with Crippen molar-refractivity contribution in [3.05, 3.63) is 35.4 Å². The van der Waals surface area contributed by atoms with Crippen molar-refractivity contribution < 1.29 is 9.53 Å². The van der Waals surface area contributed by atoms with Gasteiger partial charge in [-0.2, -0.15) is 0 Å². The smallest absolute Gasteiger partial charge is 0.251 e. The maximum atomic E-state index is 11.6. The Morgan fingerprint density at radius 2 is 1.86 bits per heavy atom. The van der Waals surface area contributed by atoms with E-state index in [-0.39, 0.29) is 5.91 Å². The number of nitrogens with one attached hydrogen (secondary N) is 3. The van der Waals surface area contributed by atoms with Crippen LogP contribution in [-0.4, -0.2) is 69.2 Å². The Hall–Kier alpha value is -2.12. The number of morpholine rings is 1. The van der Waals surface area contributed by atoms with Gasteiger partial charge in [-0.3, -0.25) is 9.69 Å². The summed E-state index contributed by atoms with van der Waals surface area (Å²) < 4.78 is 5.49. The number of guanidine groups is 1. The van der Waals surface area contributed by atoms with E-state index in [0.717, 1.165) is 50.9 Å². The largest absolute Gasteiger partial charge is 0.379 e. The Kier molecular flexibility index (Phi) is 9.23. The first kappa shape index (κ1) is 22.2. The highest BCUT2D eigenvalue weighted by Gasteiger charge is 2.23. The molecule has 2 rings (SSSR count). The average molecular weight is 390 g/mol. The molecular weight excluding hydrogens is 354 g/mol. The molecule has 1 aromatic rings. The molecule has 0 aliphatic carbocycles. The lowest BCUT2D eigenvalue weighted by molar-refractivity contribution is 0.00752. The Morgan fingerprint density at radius 1 is 1.18 bits per heavy atom. The molecule has 0 bridgehead atoms. The second-order valence-corrected chi connectivity index (χ2v) is 7.31. The normalized spacial score (nSPS) is 16.7. The summed E-state index contributed by atoms with van der Waals surface area (Å²) in [5.41, 5.74) is 1.73. The standard InChI is InChI=1S/C21H35N5O2/c1-5-23-21(24-14-17-6-8-18(9-7-17)20(27)22-4)25-15-19(16(2)3)26-10-12-28-13-11-26/h6-9,16,19H,5,10-15H2,1-4H3,(H,22,27)(H2,23,24,25). The van der Waals surface area contributed by atoms with Crippen molar-refractivity contribution >= 4 is 11.9 Å². The topological polar surface area (TPSA) is 78.0 Å². The molecule has 1 heterocycles. The van der Waals surface area contributed by atoms with E-state index in [9.17, 15) is 4.79 Å². The van der Waals surface area contributed by atoms with Gasteiger partial charge >= 0.3 is 0 Å². The third kappa shape index (κ3) is 6.80. The summed E-state index contributed by atoms with van der Waals surface area (Å²) in [6.45, 7) is 12.4. The van der Waals surface area contributed by atoms with Crippen LogP contribution in [0.25, 0.3) is 0 Å². The molecule has 1 aliphatic heterocycles. The molecule has 0 spiro atoms. The van der Waals surface area contributed by atoms with E-state index >= 15 is 0 Å². The van der Waals surface area contributed by atoms with Gasteiger partial charge in [0.1, 0.15) is 0 Å². The fourth-order valence-electron chi connectivity index (χ4n) is 3.31. The molecule has 3 N–H and O–H groups in total. The van der Waals surface area contributed by atoms with Crippen LogP contribution < -0.4 is 16.0 Å². The minimum atomic E-state index is -0.0760. The number of carbonyl (C=O) groups excluding carboxylic acids is 1. The molecule has 7 nitrogen and oxygen atoms in total. The third-order valence-electron chi connectivity index (χ3n) is 4.97. The van der Waals surface area contributed by atoms with Crippen LogP contribution in [0.1, 0.15) is 36.7 Å². The fourth-order valence-corrected chi connectivity index (χ4v) is 3.31. The molecule has 1 atom stereocenters. The highest BCUT2D eigenvalue weighted by Crippen LogP contribution is 2.12. The zero-order valence-electron chi connectivity index (χ0n) is 17.6. The summed E-state index contributed by atoms with van der Waals surface area (Å²) >= 11 is 0. The number of aliphatic imine (C=N–C) groups is 1. The summed E-state index contributed by atoms with van der Waals surface area (Å²) in [4.78, 5) is 18.8. The Bertz CT molecular complexity index is 624. The lowest BCUT2D eigenvalue weighted by Crippen LogP contribution is -2.52. The van der Waals surface area contributed by atoms with E-state index in [1.807, 2.05) is 24.3 Å². The molecule has 1 aliphatic rings. The van der Waals surface area contributed by atoms with Gasteiger partial charge in [0, 0.05) is 44.8 Å². The number of benzene rings is 1. The van der Waals surface area contributed by atoms with Crippen molar-refractivity contribution in [3.63, 3.8) is 0 Å². The van der Waals surface area contributed by atoms with Gasteiger partial charge in [-0.05, 0) is 30.5 Å². The van der Waals surface area contributed by atoms with Crippen LogP contribution in [0.3, 0.4) is 0 Å². The van der Waals surface area contributed by atoms with Crippen LogP contribution in [0, 0.1) is 5.92 Å². The number of amides is 1. The Morgan fingerprint density at radius 3 is 2.43 bits per heavy atom. The first-order chi connectivity index (χ1) is 13.5. The van der Waals surface area contributed by atoms with Crippen LogP contribution >= 0.6 is 0 Å². The molecule has 1 amide bonds. The second-order valence-electron chi connectivity index (χ2n) is 7.31. The lowest BCUT2D eigenvalue weighted by atomic mass is 10.0. The maximum Gasteiger partial charge on any atom is 0.251 e. The number of nitrogens with zero attached hydrogens (tertiary/aromatic N) is 2. The van der Waals surface area contributed by atoms with E-state index in [1.165, 1.54) is 0 Å². The molecule has 1 aromatic carbocycles. The van der Waals surface area contributed by atoms with E-state index in [2.05, 4.69) is 41.6 Å². The SMILES string of the molecule is CCNC(=NCc1ccc(C(=O)NC)cc1)NCC(C(C)C)N1CCOCC1. The minimum absolute atomic E-state index is 0.0760. The lowest BCUT2D eigenvalue weighted by Gasteiger charge is -2.37. The average Bonchev–Trinajstić information content (AvgIpc) is 2.72. The maximum absolute atomic E-state index is 11.6. The van der Waals surface area contributed by atoms with E-state index < -0.39 is 0 Å². The molecule has 0 radical (unpaired) electrons. The van der Waals surface area contributed by atoms with Gasteiger partial charge in [-0.15, -0.1) is 0 Å². The van der Waals surface area contributed by atoms with Crippen LogP contribution in [0.4, 0.5) is 0 Å². The van der Waals surface area contributed by atoms with Gasteiger partial charge < -0.3 is 20.7 Å². The summed E-state index contributed by atoms with van der Waals surface area (Å²) in [5, 5.41) is 9.45. The third-order valence-corrected chi connectivity index (χ3v) is 4.97. The fraction of sp³-hybridized carbons (Fsp3) is 0.619. The summed E-state index contributed by atoms with van der Waals surface area (Å²) in [7, 11) is 1.64. The molecule has 1 fully saturated rings.